The average Bonchev–Trinajstić information content (AvgIpc) is 2.76. The molecule has 5 heteroatoms. The van der Waals surface area contributed by atoms with Crippen molar-refractivity contribution in [3.63, 3.8) is 0 Å². The summed E-state index contributed by atoms with van der Waals surface area (Å²) in [7, 11) is 0. The van der Waals surface area contributed by atoms with Gasteiger partial charge in [0.15, 0.2) is 4.32 Å². The number of para-hydroxylation sites is 1. The molecule has 3 rings (SSSR count). The summed E-state index contributed by atoms with van der Waals surface area (Å²) >= 11 is 10.2. The molecule has 1 heterocycles. The molecule has 0 aromatic heterocycles. The Morgan fingerprint density at radius 3 is 2.43 bits per heavy atom. The van der Waals surface area contributed by atoms with Crippen molar-refractivity contribution in [1.82, 2.24) is 0 Å². The third kappa shape index (κ3) is 2.95. The number of rotatable bonds is 2. The van der Waals surface area contributed by atoms with Crippen molar-refractivity contribution in [2.24, 2.45) is 0 Å². The molecule has 2 aromatic carbocycles. The van der Waals surface area contributed by atoms with E-state index in [1.54, 1.807) is 4.90 Å². The Hall–Kier alpha value is -1.43. The maximum absolute atomic E-state index is 12.6. The standard InChI is InChI=1S/C16H10BrNOS2/c17-12-8-4-5-9-13(12)18-15(19)14(21-16(18)20)10-11-6-2-1-3-7-11/h1-10H/b14-10+. The van der Waals surface area contributed by atoms with Gasteiger partial charge in [0.25, 0.3) is 5.91 Å². The number of benzene rings is 2. The van der Waals surface area contributed by atoms with E-state index in [2.05, 4.69) is 15.9 Å². The van der Waals surface area contributed by atoms with Gasteiger partial charge in [-0.1, -0.05) is 66.4 Å². The molecule has 0 radical (unpaired) electrons. The van der Waals surface area contributed by atoms with Crippen molar-refractivity contribution in [3.05, 3.63) is 69.5 Å². The first kappa shape index (κ1) is 14.5. The van der Waals surface area contributed by atoms with Gasteiger partial charge in [0.1, 0.15) is 0 Å². The zero-order valence-corrected chi connectivity index (χ0v) is 14.0. The lowest BCUT2D eigenvalue weighted by Gasteiger charge is -2.15. The van der Waals surface area contributed by atoms with Gasteiger partial charge < -0.3 is 0 Å². The molecule has 0 atom stereocenters. The van der Waals surface area contributed by atoms with Crippen LogP contribution in [0.2, 0.25) is 0 Å². The molecule has 104 valence electrons. The molecule has 0 N–H and O–H groups in total. The number of halogens is 1. The van der Waals surface area contributed by atoms with Crippen LogP contribution < -0.4 is 4.90 Å². The molecule has 0 unspecified atom stereocenters. The first-order valence-corrected chi connectivity index (χ1v) is 8.26. The third-order valence-corrected chi connectivity index (χ3v) is 4.96. The maximum Gasteiger partial charge on any atom is 0.270 e. The number of thiocarbonyl (C=S) groups is 1. The SMILES string of the molecule is O=C1/C(=C\c2ccccc2)SC(=S)N1c1ccccc1Br. The summed E-state index contributed by atoms with van der Waals surface area (Å²) in [6, 6.07) is 17.3. The Balaban J connectivity index is 1.97. The lowest BCUT2D eigenvalue weighted by molar-refractivity contribution is -0.113. The molecule has 1 aliphatic rings. The molecular weight excluding hydrogens is 366 g/mol. The van der Waals surface area contributed by atoms with E-state index >= 15 is 0 Å². The van der Waals surface area contributed by atoms with Crippen LogP contribution in [0, 0.1) is 0 Å². The minimum atomic E-state index is -0.0826. The van der Waals surface area contributed by atoms with Crippen LogP contribution in [-0.2, 0) is 4.79 Å². The van der Waals surface area contributed by atoms with E-state index in [1.165, 1.54) is 11.8 Å². The minimum absolute atomic E-state index is 0.0826. The maximum atomic E-state index is 12.6. The highest BCUT2D eigenvalue weighted by molar-refractivity contribution is 9.10. The molecule has 1 amide bonds. The summed E-state index contributed by atoms with van der Waals surface area (Å²) in [6.07, 6.45) is 1.87. The lowest BCUT2D eigenvalue weighted by Crippen LogP contribution is -2.27. The van der Waals surface area contributed by atoms with Gasteiger partial charge in [0.05, 0.1) is 10.6 Å². The van der Waals surface area contributed by atoms with Crippen molar-refractivity contribution in [1.29, 1.82) is 0 Å². The Morgan fingerprint density at radius 2 is 1.71 bits per heavy atom. The first-order chi connectivity index (χ1) is 10.2. The van der Waals surface area contributed by atoms with Crippen molar-refractivity contribution < 1.29 is 4.79 Å². The van der Waals surface area contributed by atoms with Crippen LogP contribution in [0.15, 0.2) is 64.0 Å². The predicted octanol–water partition coefficient (Wildman–Crippen LogP) is 4.85. The number of anilines is 1. The Kier molecular flexibility index (Phi) is 4.24. The van der Waals surface area contributed by atoms with Crippen LogP contribution in [0.4, 0.5) is 5.69 Å². The molecule has 2 aromatic rings. The van der Waals surface area contributed by atoms with Crippen molar-refractivity contribution in [2.75, 3.05) is 4.90 Å². The average molecular weight is 376 g/mol. The molecule has 0 spiro atoms. The molecule has 21 heavy (non-hydrogen) atoms. The number of thioether (sulfide) groups is 1. The summed E-state index contributed by atoms with van der Waals surface area (Å²) < 4.78 is 1.40. The van der Waals surface area contributed by atoms with E-state index in [9.17, 15) is 4.79 Å². The van der Waals surface area contributed by atoms with E-state index in [0.717, 1.165) is 15.7 Å². The summed E-state index contributed by atoms with van der Waals surface area (Å²) in [5, 5.41) is 0. The first-order valence-electron chi connectivity index (χ1n) is 6.24. The van der Waals surface area contributed by atoms with Crippen LogP contribution in [0.25, 0.3) is 6.08 Å². The highest BCUT2D eigenvalue weighted by Gasteiger charge is 2.34. The number of hydrogen-bond acceptors (Lipinski definition) is 3. The van der Waals surface area contributed by atoms with Crippen molar-refractivity contribution in [3.8, 4) is 0 Å². The van der Waals surface area contributed by atoms with Gasteiger partial charge >= 0.3 is 0 Å². The third-order valence-electron chi connectivity index (χ3n) is 2.98. The number of hydrogen-bond donors (Lipinski definition) is 0. The number of carbonyl (C=O) groups excluding carboxylic acids is 1. The Labute approximate surface area is 141 Å². The van der Waals surface area contributed by atoms with Crippen LogP contribution in [0.3, 0.4) is 0 Å². The van der Waals surface area contributed by atoms with E-state index in [0.29, 0.717) is 9.23 Å². The van der Waals surface area contributed by atoms with Crippen molar-refractivity contribution in [2.45, 2.75) is 0 Å². The lowest BCUT2D eigenvalue weighted by atomic mass is 10.2. The minimum Gasteiger partial charge on any atom is -0.268 e. The van der Waals surface area contributed by atoms with Crippen molar-refractivity contribution >= 4 is 61.9 Å². The normalized spacial score (nSPS) is 16.8. The number of nitrogens with zero attached hydrogens (tertiary/aromatic N) is 1. The number of carbonyl (C=O) groups is 1. The number of amides is 1. The monoisotopic (exact) mass is 375 g/mol. The zero-order valence-electron chi connectivity index (χ0n) is 10.8. The fourth-order valence-electron chi connectivity index (χ4n) is 2.01. The highest BCUT2D eigenvalue weighted by Crippen LogP contribution is 2.38. The topological polar surface area (TPSA) is 20.3 Å². The highest BCUT2D eigenvalue weighted by atomic mass is 79.9. The molecular formula is C16H10BrNOS2. The van der Waals surface area contributed by atoms with Gasteiger partial charge in [0.2, 0.25) is 0 Å². The summed E-state index contributed by atoms with van der Waals surface area (Å²) in [5.41, 5.74) is 1.77. The second kappa shape index (κ2) is 6.13. The van der Waals surface area contributed by atoms with Crippen LogP contribution >= 0.6 is 39.9 Å². The van der Waals surface area contributed by atoms with Gasteiger partial charge in [-0.15, -0.1) is 0 Å². The molecule has 2 nitrogen and oxygen atoms in total. The molecule has 1 aliphatic heterocycles. The summed E-state index contributed by atoms with van der Waals surface area (Å²) in [4.78, 5) is 14.8. The van der Waals surface area contributed by atoms with E-state index in [-0.39, 0.29) is 5.91 Å². The van der Waals surface area contributed by atoms with Gasteiger partial charge in [-0.05, 0) is 39.7 Å². The van der Waals surface area contributed by atoms with E-state index in [4.69, 9.17) is 12.2 Å². The predicted molar refractivity (Wildman–Crippen MR) is 96.2 cm³/mol. The summed E-state index contributed by atoms with van der Waals surface area (Å²) in [5.74, 6) is -0.0826. The van der Waals surface area contributed by atoms with E-state index < -0.39 is 0 Å². The zero-order chi connectivity index (χ0) is 14.8. The van der Waals surface area contributed by atoms with Crippen LogP contribution in [0.5, 0.6) is 0 Å². The van der Waals surface area contributed by atoms with E-state index in [1.807, 2.05) is 60.7 Å². The smallest absolute Gasteiger partial charge is 0.268 e. The van der Waals surface area contributed by atoms with Gasteiger partial charge in [0, 0.05) is 4.47 Å². The molecule has 1 saturated heterocycles. The quantitative estimate of drug-likeness (QED) is 0.552. The molecule has 0 aliphatic carbocycles. The largest absolute Gasteiger partial charge is 0.270 e. The fraction of sp³-hybridized carbons (Fsp3) is 0. The molecule has 1 fully saturated rings. The Morgan fingerprint density at radius 1 is 1.05 bits per heavy atom. The molecule has 0 saturated carbocycles. The second-order valence-electron chi connectivity index (χ2n) is 4.38. The van der Waals surface area contributed by atoms with Gasteiger partial charge in [-0.25, -0.2) is 0 Å². The van der Waals surface area contributed by atoms with Gasteiger partial charge in [-0.3, -0.25) is 9.69 Å². The van der Waals surface area contributed by atoms with Crippen LogP contribution in [-0.4, -0.2) is 10.2 Å². The summed E-state index contributed by atoms with van der Waals surface area (Å²) in [6.45, 7) is 0. The van der Waals surface area contributed by atoms with Crippen LogP contribution in [0.1, 0.15) is 5.56 Å². The molecule has 0 bridgehead atoms. The fourth-order valence-corrected chi connectivity index (χ4v) is 3.76. The van der Waals surface area contributed by atoms with Gasteiger partial charge in [-0.2, -0.15) is 0 Å². The Bertz CT molecular complexity index is 743. The second-order valence-corrected chi connectivity index (χ2v) is 6.91.